The van der Waals surface area contributed by atoms with Crippen molar-refractivity contribution in [3.8, 4) is 28.8 Å². The van der Waals surface area contributed by atoms with E-state index in [-0.39, 0.29) is 11.2 Å². The van der Waals surface area contributed by atoms with Crippen LogP contribution in [0.25, 0.3) is 22.4 Å². The summed E-state index contributed by atoms with van der Waals surface area (Å²) in [5, 5.41) is -0.112. The van der Waals surface area contributed by atoms with Gasteiger partial charge in [-0.3, -0.25) is 0 Å². The number of methoxy groups -OCH3 is 1. The highest BCUT2D eigenvalue weighted by molar-refractivity contribution is 6.28. The van der Waals surface area contributed by atoms with Crippen molar-refractivity contribution in [3.05, 3.63) is 59.8 Å². The molecule has 130 valence electrons. The molecule has 0 unspecified atom stereocenters. The van der Waals surface area contributed by atoms with Gasteiger partial charge in [0.25, 0.3) is 5.88 Å². The van der Waals surface area contributed by atoms with Crippen LogP contribution < -0.4 is 9.47 Å². The number of fused-ring (bicyclic) bond motifs is 1. The Morgan fingerprint density at radius 1 is 1.08 bits per heavy atom. The molecule has 0 radical (unpaired) electrons. The number of hydrogen-bond donors (Lipinski definition) is 1. The Morgan fingerprint density at radius 2 is 1.92 bits per heavy atom. The lowest BCUT2D eigenvalue weighted by Crippen LogP contribution is -1.97. The number of ether oxygens (including phenoxy) is 2. The number of rotatable bonds is 4. The van der Waals surface area contributed by atoms with Crippen LogP contribution in [-0.4, -0.2) is 27.0 Å². The summed E-state index contributed by atoms with van der Waals surface area (Å²) in [5.41, 5.74) is 2.59. The van der Waals surface area contributed by atoms with Crippen molar-refractivity contribution >= 4 is 22.6 Å². The number of imidazole rings is 1. The fourth-order valence-electron chi connectivity index (χ4n) is 2.50. The molecule has 0 spiro atoms. The van der Waals surface area contributed by atoms with Gasteiger partial charge in [0, 0.05) is 5.56 Å². The second-order valence-electron chi connectivity index (χ2n) is 5.36. The van der Waals surface area contributed by atoms with Crippen LogP contribution in [0, 0.1) is 5.82 Å². The van der Waals surface area contributed by atoms with Crippen molar-refractivity contribution in [2.45, 2.75) is 0 Å². The van der Waals surface area contributed by atoms with Crippen LogP contribution in [0.1, 0.15) is 0 Å². The van der Waals surface area contributed by atoms with Gasteiger partial charge in [-0.25, -0.2) is 9.97 Å². The van der Waals surface area contributed by atoms with Crippen molar-refractivity contribution < 1.29 is 13.9 Å². The molecule has 0 aliphatic carbocycles. The smallest absolute Gasteiger partial charge is 0.260 e. The van der Waals surface area contributed by atoms with E-state index in [4.69, 9.17) is 21.1 Å². The van der Waals surface area contributed by atoms with Crippen LogP contribution in [0.4, 0.5) is 4.39 Å². The van der Waals surface area contributed by atoms with E-state index in [9.17, 15) is 4.39 Å². The standard InChI is InChI=1S/C18H12ClFN4O2/c1-25-15-8-10(16-22-12-4-2-3-5-13(12)23-16)6-7-14(15)26-17-11(20)9-21-18(19)24-17/h2-9H,1H3,(H,22,23). The largest absolute Gasteiger partial charge is 0.493 e. The van der Waals surface area contributed by atoms with E-state index in [2.05, 4.69) is 19.9 Å². The topological polar surface area (TPSA) is 72.9 Å². The Morgan fingerprint density at radius 3 is 2.73 bits per heavy atom. The Labute approximate surface area is 152 Å². The molecule has 0 aliphatic rings. The van der Waals surface area contributed by atoms with Gasteiger partial charge in [0.2, 0.25) is 11.1 Å². The zero-order valence-electron chi connectivity index (χ0n) is 13.5. The number of benzene rings is 2. The summed E-state index contributed by atoms with van der Waals surface area (Å²) in [5.74, 6) is 0.378. The summed E-state index contributed by atoms with van der Waals surface area (Å²) >= 11 is 5.69. The van der Waals surface area contributed by atoms with Gasteiger partial charge < -0.3 is 14.5 Å². The summed E-state index contributed by atoms with van der Waals surface area (Å²) in [6.45, 7) is 0. The van der Waals surface area contributed by atoms with Crippen LogP contribution in [0.5, 0.6) is 17.4 Å². The zero-order chi connectivity index (χ0) is 18.1. The van der Waals surface area contributed by atoms with Crippen molar-refractivity contribution in [2.24, 2.45) is 0 Å². The average molecular weight is 371 g/mol. The molecule has 1 N–H and O–H groups in total. The Balaban J connectivity index is 1.71. The summed E-state index contributed by atoms with van der Waals surface area (Å²) in [6, 6.07) is 12.9. The molecule has 0 saturated heterocycles. The quantitative estimate of drug-likeness (QED) is 0.531. The SMILES string of the molecule is COc1cc(-c2nc3ccccc3[nH]2)ccc1Oc1nc(Cl)ncc1F. The van der Waals surface area contributed by atoms with Crippen LogP contribution in [0.15, 0.2) is 48.7 Å². The number of aromatic amines is 1. The maximum atomic E-state index is 13.8. The highest BCUT2D eigenvalue weighted by atomic mass is 35.5. The van der Waals surface area contributed by atoms with E-state index in [0.29, 0.717) is 17.3 Å². The number of H-pyrrole nitrogens is 1. The van der Waals surface area contributed by atoms with Crippen LogP contribution in [0.3, 0.4) is 0 Å². The molecule has 0 amide bonds. The van der Waals surface area contributed by atoms with Gasteiger partial charge in [-0.15, -0.1) is 0 Å². The first-order chi connectivity index (χ1) is 12.6. The summed E-state index contributed by atoms with van der Waals surface area (Å²) < 4.78 is 24.6. The molecule has 6 nitrogen and oxygen atoms in total. The Kier molecular flexibility index (Phi) is 4.14. The van der Waals surface area contributed by atoms with E-state index in [1.165, 1.54) is 7.11 Å². The summed E-state index contributed by atoms with van der Waals surface area (Å²) in [6.07, 6.45) is 0.944. The molecule has 4 aromatic rings. The maximum Gasteiger partial charge on any atom is 0.260 e. The molecule has 8 heteroatoms. The van der Waals surface area contributed by atoms with E-state index in [0.717, 1.165) is 22.8 Å². The summed E-state index contributed by atoms with van der Waals surface area (Å²) in [7, 11) is 1.49. The van der Waals surface area contributed by atoms with E-state index >= 15 is 0 Å². The van der Waals surface area contributed by atoms with E-state index in [1.807, 2.05) is 24.3 Å². The minimum atomic E-state index is -0.724. The highest BCUT2D eigenvalue weighted by Crippen LogP contribution is 2.35. The molecule has 4 rings (SSSR count). The number of hydrogen-bond acceptors (Lipinski definition) is 5. The van der Waals surface area contributed by atoms with Gasteiger partial charge in [-0.1, -0.05) is 12.1 Å². The molecule has 0 saturated carbocycles. The number of halogens is 2. The third kappa shape index (κ3) is 3.04. The lowest BCUT2D eigenvalue weighted by molar-refractivity contribution is 0.363. The van der Waals surface area contributed by atoms with Crippen molar-refractivity contribution in [1.82, 2.24) is 19.9 Å². The third-order valence-corrected chi connectivity index (χ3v) is 3.90. The summed E-state index contributed by atoms with van der Waals surface area (Å²) in [4.78, 5) is 15.1. The Hall–Kier alpha value is -3.19. The number of nitrogens with zero attached hydrogens (tertiary/aromatic N) is 3. The highest BCUT2D eigenvalue weighted by Gasteiger charge is 2.14. The minimum absolute atomic E-state index is 0.112. The van der Waals surface area contributed by atoms with Gasteiger partial charge in [0.05, 0.1) is 24.3 Å². The van der Waals surface area contributed by atoms with Gasteiger partial charge in [-0.05, 0) is 41.9 Å². The lowest BCUT2D eigenvalue weighted by Gasteiger charge is -2.11. The normalized spacial score (nSPS) is 10.9. The molecule has 0 atom stereocenters. The molecular formula is C18H12ClFN4O2. The van der Waals surface area contributed by atoms with Crippen LogP contribution >= 0.6 is 11.6 Å². The first-order valence-corrected chi connectivity index (χ1v) is 8.01. The van der Waals surface area contributed by atoms with Gasteiger partial charge >= 0.3 is 0 Å². The predicted octanol–water partition coefficient (Wildman–Crippen LogP) is 4.61. The molecule has 0 fully saturated rings. The number of nitrogens with one attached hydrogen (secondary N) is 1. The first-order valence-electron chi connectivity index (χ1n) is 7.63. The van der Waals surface area contributed by atoms with Crippen molar-refractivity contribution in [1.29, 1.82) is 0 Å². The molecular weight excluding hydrogens is 359 g/mol. The molecule has 2 aromatic carbocycles. The second kappa shape index (κ2) is 6.61. The minimum Gasteiger partial charge on any atom is -0.493 e. The number of aromatic nitrogens is 4. The van der Waals surface area contributed by atoms with Gasteiger partial charge in [0.1, 0.15) is 5.82 Å². The molecule has 2 heterocycles. The van der Waals surface area contributed by atoms with Gasteiger partial charge in [-0.2, -0.15) is 9.37 Å². The second-order valence-corrected chi connectivity index (χ2v) is 5.70. The fourth-order valence-corrected chi connectivity index (χ4v) is 2.62. The molecule has 26 heavy (non-hydrogen) atoms. The van der Waals surface area contributed by atoms with Crippen molar-refractivity contribution in [3.63, 3.8) is 0 Å². The molecule has 2 aromatic heterocycles. The Bertz CT molecular complexity index is 1070. The van der Waals surface area contributed by atoms with Crippen molar-refractivity contribution in [2.75, 3.05) is 7.11 Å². The predicted molar refractivity (Wildman–Crippen MR) is 95.2 cm³/mol. The molecule has 0 aliphatic heterocycles. The third-order valence-electron chi connectivity index (χ3n) is 3.72. The maximum absolute atomic E-state index is 13.8. The van der Waals surface area contributed by atoms with E-state index < -0.39 is 5.82 Å². The zero-order valence-corrected chi connectivity index (χ0v) is 14.3. The molecule has 0 bridgehead atoms. The monoisotopic (exact) mass is 370 g/mol. The number of para-hydroxylation sites is 2. The average Bonchev–Trinajstić information content (AvgIpc) is 3.09. The van der Waals surface area contributed by atoms with E-state index in [1.54, 1.807) is 18.2 Å². The van der Waals surface area contributed by atoms with Crippen LogP contribution in [-0.2, 0) is 0 Å². The lowest BCUT2D eigenvalue weighted by atomic mass is 10.2. The van der Waals surface area contributed by atoms with Gasteiger partial charge in [0.15, 0.2) is 11.5 Å². The first kappa shape index (κ1) is 16.3. The fraction of sp³-hybridized carbons (Fsp3) is 0.0556. The van der Waals surface area contributed by atoms with Crippen LogP contribution in [0.2, 0.25) is 5.28 Å².